The van der Waals surface area contributed by atoms with E-state index >= 15 is 0 Å². The predicted molar refractivity (Wildman–Crippen MR) is 57.9 cm³/mol. The Labute approximate surface area is 96.7 Å². The van der Waals surface area contributed by atoms with Gasteiger partial charge in [-0.25, -0.2) is 0 Å². The lowest BCUT2D eigenvalue weighted by atomic mass is 10.1. The van der Waals surface area contributed by atoms with E-state index in [1.165, 1.54) is 4.80 Å². The molecule has 2 rings (SSSR count). The average molecular weight is 236 g/mol. The number of aryl methyl sites for hydroxylation is 1. The van der Waals surface area contributed by atoms with Gasteiger partial charge >= 0.3 is 0 Å². The molecule has 2 aromatic heterocycles. The van der Waals surface area contributed by atoms with Crippen molar-refractivity contribution in [1.29, 1.82) is 0 Å². The molecular formula is C9H12N6O2. The molecular weight excluding hydrogens is 224 g/mol. The third-order valence-corrected chi connectivity index (χ3v) is 2.37. The third kappa shape index (κ3) is 2.16. The third-order valence-electron chi connectivity index (χ3n) is 2.37. The van der Waals surface area contributed by atoms with Crippen molar-refractivity contribution in [2.24, 2.45) is 0 Å². The maximum atomic E-state index is 9.75. The molecule has 90 valence electrons. The topological polar surface area (TPSA) is 123 Å². The Morgan fingerprint density at radius 1 is 1.47 bits per heavy atom. The lowest BCUT2D eigenvalue weighted by molar-refractivity contribution is 0.273. The molecule has 17 heavy (non-hydrogen) atoms. The molecule has 0 aliphatic carbocycles. The van der Waals surface area contributed by atoms with E-state index in [4.69, 9.17) is 5.73 Å². The number of aliphatic hydroxyl groups is 1. The molecule has 0 radical (unpaired) electrons. The molecule has 2 heterocycles. The maximum absolute atomic E-state index is 9.75. The van der Waals surface area contributed by atoms with E-state index in [-0.39, 0.29) is 24.8 Å². The van der Waals surface area contributed by atoms with Crippen molar-refractivity contribution in [2.45, 2.75) is 20.1 Å². The van der Waals surface area contributed by atoms with Gasteiger partial charge in [-0.2, -0.15) is 4.80 Å². The molecule has 0 amide bonds. The standard InChI is InChI=1S/C9H12N6O2/c1-5-8(17)7(4-16)6(2-11-5)3-15-13-9(10)12-14-15/h2,16-17H,3-4H2,1H3,(H2,10,13). The van der Waals surface area contributed by atoms with Crippen LogP contribution >= 0.6 is 0 Å². The number of aliphatic hydroxyl groups excluding tert-OH is 1. The summed E-state index contributed by atoms with van der Waals surface area (Å²) in [6, 6.07) is 0. The highest BCUT2D eigenvalue weighted by Gasteiger charge is 2.12. The fourth-order valence-corrected chi connectivity index (χ4v) is 1.47. The summed E-state index contributed by atoms with van der Waals surface area (Å²) in [5, 5.41) is 30.0. The summed E-state index contributed by atoms with van der Waals surface area (Å²) in [5.41, 5.74) is 6.83. The molecule has 0 aliphatic heterocycles. The fraction of sp³-hybridized carbons (Fsp3) is 0.333. The number of nitrogens with two attached hydrogens (primary N) is 1. The van der Waals surface area contributed by atoms with Gasteiger partial charge in [-0.1, -0.05) is 5.10 Å². The van der Waals surface area contributed by atoms with Gasteiger partial charge in [0.25, 0.3) is 5.95 Å². The van der Waals surface area contributed by atoms with E-state index in [1.54, 1.807) is 13.1 Å². The van der Waals surface area contributed by atoms with E-state index in [0.717, 1.165) is 0 Å². The fourth-order valence-electron chi connectivity index (χ4n) is 1.47. The Bertz CT molecular complexity index is 538. The number of rotatable bonds is 3. The van der Waals surface area contributed by atoms with Gasteiger partial charge in [0.15, 0.2) is 0 Å². The van der Waals surface area contributed by atoms with Crippen molar-refractivity contribution < 1.29 is 10.2 Å². The first-order valence-electron chi connectivity index (χ1n) is 4.92. The quantitative estimate of drug-likeness (QED) is 0.637. The van der Waals surface area contributed by atoms with Crippen molar-refractivity contribution in [3.63, 3.8) is 0 Å². The van der Waals surface area contributed by atoms with Crippen LogP contribution in [0.4, 0.5) is 5.95 Å². The Morgan fingerprint density at radius 2 is 2.24 bits per heavy atom. The Morgan fingerprint density at radius 3 is 2.82 bits per heavy atom. The van der Waals surface area contributed by atoms with Crippen molar-refractivity contribution in [1.82, 2.24) is 25.2 Å². The average Bonchev–Trinajstić information content (AvgIpc) is 2.70. The van der Waals surface area contributed by atoms with Crippen molar-refractivity contribution in [3.05, 3.63) is 23.0 Å². The predicted octanol–water partition coefficient (Wildman–Crippen LogP) is -0.795. The molecule has 0 saturated heterocycles. The monoisotopic (exact) mass is 236 g/mol. The number of aromatic hydroxyl groups is 1. The molecule has 0 fully saturated rings. The van der Waals surface area contributed by atoms with Crippen LogP contribution in [0.5, 0.6) is 5.75 Å². The van der Waals surface area contributed by atoms with Gasteiger partial charge in [-0.15, -0.1) is 5.10 Å². The van der Waals surface area contributed by atoms with E-state index < -0.39 is 0 Å². The first-order chi connectivity index (χ1) is 8.11. The van der Waals surface area contributed by atoms with Crippen LogP contribution in [0.15, 0.2) is 6.20 Å². The summed E-state index contributed by atoms with van der Waals surface area (Å²) >= 11 is 0. The van der Waals surface area contributed by atoms with Gasteiger partial charge in [0.2, 0.25) is 0 Å². The minimum absolute atomic E-state index is 0.0157. The number of anilines is 1. The number of aromatic nitrogens is 5. The zero-order chi connectivity index (χ0) is 12.4. The first-order valence-corrected chi connectivity index (χ1v) is 4.92. The molecule has 0 aliphatic rings. The Kier molecular flexibility index (Phi) is 2.88. The molecule has 2 aromatic rings. The van der Waals surface area contributed by atoms with Crippen LogP contribution in [0.3, 0.4) is 0 Å². The van der Waals surface area contributed by atoms with Gasteiger partial charge in [0.1, 0.15) is 5.75 Å². The summed E-state index contributed by atoms with van der Waals surface area (Å²) in [6.45, 7) is 1.61. The normalized spacial score (nSPS) is 10.7. The van der Waals surface area contributed by atoms with Gasteiger partial charge in [-0.3, -0.25) is 4.98 Å². The zero-order valence-corrected chi connectivity index (χ0v) is 9.20. The SMILES string of the molecule is Cc1ncc(Cn2nnc(N)n2)c(CO)c1O. The van der Waals surface area contributed by atoms with E-state index in [9.17, 15) is 10.2 Å². The van der Waals surface area contributed by atoms with Crippen molar-refractivity contribution >= 4 is 5.95 Å². The van der Waals surface area contributed by atoms with Crippen LogP contribution in [0.2, 0.25) is 0 Å². The minimum atomic E-state index is -0.283. The number of hydrogen-bond donors (Lipinski definition) is 3. The lowest BCUT2D eigenvalue weighted by Gasteiger charge is -2.09. The van der Waals surface area contributed by atoms with Gasteiger partial charge in [0.05, 0.1) is 18.8 Å². The summed E-state index contributed by atoms with van der Waals surface area (Å²) in [5.74, 6) is 0.0536. The van der Waals surface area contributed by atoms with Crippen LogP contribution in [-0.4, -0.2) is 35.4 Å². The highest BCUT2D eigenvalue weighted by molar-refractivity contribution is 5.40. The number of nitrogen functional groups attached to an aromatic ring is 1. The number of tetrazole rings is 1. The molecule has 0 unspecified atom stereocenters. The van der Waals surface area contributed by atoms with Crippen LogP contribution in [0.25, 0.3) is 0 Å². The van der Waals surface area contributed by atoms with E-state index in [0.29, 0.717) is 16.8 Å². The second kappa shape index (κ2) is 4.34. The molecule has 0 bridgehead atoms. The molecule has 0 aromatic carbocycles. The molecule has 4 N–H and O–H groups in total. The van der Waals surface area contributed by atoms with Crippen LogP contribution in [0.1, 0.15) is 16.8 Å². The summed E-state index contributed by atoms with van der Waals surface area (Å²) in [4.78, 5) is 5.27. The van der Waals surface area contributed by atoms with Gasteiger partial charge < -0.3 is 15.9 Å². The number of hydrogen-bond acceptors (Lipinski definition) is 7. The minimum Gasteiger partial charge on any atom is -0.506 e. The van der Waals surface area contributed by atoms with Gasteiger partial charge in [-0.05, 0) is 12.1 Å². The van der Waals surface area contributed by atoms with Crippen LogP contribution in [0, 0.1) is 6.92 Å². The zero-order valence-electron chi connectivity index (χ0n) is 9.20. The molecule has 0 atom stereocenters. The van der Waals surface area contributed by atoms with E-state index in [2.05, 4.69) is 20.4 Å². The molecule has 8 heteroatoms. The molecule has 0 saturated carbocycles. The summed E-state index contributed by atoms with van der Waals surface area (Å²) < 4.78 is 0. The second-order valence-corrected chi connectivity index (χ2v) is 3.53. The highest BCUT2D eigenvalue weighted by atomic mass is 16.3. The Balaban J connectivity index is 2.36. The van der Waals surface area contributed by atoms with Crippen molar-refractivity contribution in [2.75, 3.05) is 5.73 Å². The lowest BCUT2D eigenvalue weighted by Crippen LogP contribution is -2.08. The molecule has 0 spiro atoms. The van der Waals surface area contributed by atoms with Crippen LogP contribution < -0.4 is 5.73 Å². The largest absolute Gasteiger partial charge is 0.506 e. The van der Waals surface area contributed by atoms with Crippen LogP contribution in [-0.2, 0) is 13.2 Å². The second-order valence-electron chi connectivity index (χ2n) is 3.53. The summed E-state index contributed by atoms with van der Waals surface area (Å²) in [7, 11) is 0. The summed E-state index contributed by atoms with van der Waals surface area (Å²) in [6.07, 6.45) is 1.56. The van der Waals surface area contributed by atoms with E-state index in [1.807, 2.05) is 0 Å². The van der Waals surface area contributed by atoms with Crippen molar-refractivity contribution in [3.8, 4) is 5.75 Å². The first kappa shape index (κ1) is 11.3. The maximum Gasteiger partial charge on any atom is 0.260 e. The number of nitrogens with zero attached hydrogens (tertiary/aromatic N) is 5. The molecule has 8 nitrogen and oxygen atoms in total. The number of pyridine rings is 1. The smallest absolute Gasteiger partial charge is 0.260 e. The highest BCUT2D eigenvalue weighted by Crippen LogP contribution is 2.23. The Hall–Kier alpha value is -2.22. The van der Waals surface area contributed by atoms with Gasteiger partial charge in [0, 0.05) is 17.3 Å².